The number of nitrogens with one attached hydrogen (secondary N) is 1. The fourth-order valence-electron chi connectivity index (χ4n) is 2.91. The molecule has 6 heteroatoms. The summed E-state index contributed by atoms with van der Waals surface area (Å²) >= 11 is 4.70. The predicted molar refractivity (Wildman–Crippen MR) is 123 cm³/mol. The van der Waals surface area contributed by atoms with Gasteiger partial charge in [-0.1, -0.05) is 52.2 Å². The Hall–Kier alpha value is -3.01. The van der Waals surface area contributed by atoms with Gasteiger partial charge in [-0.25, -0.2) is 4.99 Å². The second-order valence-corrected chi connectivity index (χ2v) is 8.10. The molecule has 1 fully saturated rings. The number of hydrogen-bond donors (Lipinski definition) is 1. The van der Waals surface area contributed by atoms with Crippen molar-refractivity contribution in [2.45, 2.75) is 0 Å². The van der Waals surface area contributed by atoms with Crippen LogP contribution in [-0.2, 0) is 4.79 Å². The van der Waals surface area contributed by atoms with E-state index in [1.807, 2.05) is 66.7 Å². The summed E-state index contributed by atoms with van der Waals surface area (Å²) in [6, 6.07) is 19.4. The number of benzene rings is 3. The number of amidine groups is 1. The van der Waals surface area contributed by atoms with Crippen LogP contribution in [0.1, 0.15) is 5.56 Å². The largest absolute Gasteiger partial charge is 0.480 e. The van der Waals surface area contributed by atoms with Gasteiger partial charge < -0.3 is 10.1 Å². The number of halogens is 1. The first-order chi connectivity index (χ1) is 14.1. The lowest BCUT2D eigenvalue weighted by Gasteiger charge is -2.10. The molecule has 4 rings (SSSR count). The quantitative estimate of drug-likeness (QED) is 0.410. The van der Waals surface area contributed by atoms with Crippen LogP contribution in [0.25, 0.3) is 16.8 Å². The Balaban J connectivity index is 1.72. The van der Waals surface area contributed by atoms with Crippen molar-refractivity contribution in [2.75, 3.05) is 6.61 Å². The molecular weight excluding hydrogens is 448 g/mol. The van der Waals surface area contributed by atoms with Gasteiger partial charge in [-0.15, -0.1) is 6.42 Å². The van der Waals surface area contributed by atoms with E-state index in [1.165, 1.54) is 11.8 Å². The first kappa shape index (κ1) is 19.3. The summed E-state index contributed by atoms with van der Waals surface area (Å²) in [6.45, 7) is 0.157. The molecule has 3 aromatic rings. The lowest BCUT2D eigenvalue weighted by molar-refractivity contribution is -0.115. The van der Waals surface area contributed by atoms with Crippen molar-refractivity contribution in [3.63, 3.8) is 0 Å². The molecule has 1 N–H and O–H groups in total. The van der Waals surface area contributed by atoms with Crippen molar-refractivity contribution in [3.8, 4) is 18.1 Å². The molecule has 0 radical (unpaired) electrons. The van der Waals surface area contributed by atoms with Gasteiger partial charge in [0.15, 0.2) is 5.17 Å². The number of thioether (sulfide) groups is 1. The second kappa shape index (κ2) is 8.56. The summed E-state index contributed by atoms with van der Waals surface area (Å²) < 4.78 is 6.69. The number of carbonyl (C=O) groups excluding carboxylic acids is 1. The Morgan fingerprint density at radius 3 is 2.72 bits per heavy atom. The fraction of sp³-hybridized carbons (Fsp3) is 0.0435. The van der Waals surface area contributed by atoms with Crippen LogP contribution in [0.5, 0.6) is 5.75 Å². The number of fused-ring (bicyclic) bond motifs is 1. The highest BCUT2D eigenvalue weighted by atomic mass is 79.9. The maximum absolute atomic E-state index is 12.5. The molecule has 1 aliphatic rings. The van der Waals surface area contributed by atoms with Gasteiger partial charge in [0, 0.05) is 10.0 Å². The number of nitrogens with zero attached hydrogens (tertiary/aromatic N) is 1. The molecule has 4 nitrogen and oxygen atoms in total. The summed E-state index contributed by atoms with van der Waals surface area (Å²) in [5.41, 5.74) is 1.58. The minimum atomic E-state index is -0.193. The van der Waals surface area contributed by atoms with E-state index in [1.54, 1.807) is 0 Å². The molecular formula is C23H15BrN2O2S. The molecule has 0 saturated carbocycles. The van der Waals surface area contributed by atoms with E-state index in [0.717, 1.165) is 26.5 Å². The van der Waals surface area contributed by atoms with Crippen LogP contribution in [-0.4, -0.2) is 17.7 Å². The zero-order chi connectivity index (χ0) is 20.2. The normalized spacial score (nSPS) is 16.2. The van der Waals surface area contributed by atoms with Crippen molar-refractivity contribution in [1.29, 1.82) is 0 Å². The first-order valence-electron chi connectivity index (χ1n) is 8.77. The molecule has 142 valence electrons. The fourth-order valence-corrected chi connectivity index (χ4v) is 4.00. The number of terminal acetylenes is 1. The average Bonchev–Trinajstić information content (AvgIpc) is 3.08. The van der Waals surface area contributed by atoms with E-state index in [-0.39, 0.29) is 12.5 Å². The topological polar surface area (TPSA) is 50.7 Å². The van der Waals surface area contributed by atoms with E-state index in [9.17, 15) is 4.79 Å². The molecule has 0 spiro atoms. The average molecular weight is 463 g/mol. The Kier molecular flexibility index (Phi) is 5.70. The molecule has 1 heterocycles. The summed E-state index contributed by atoms with van der Waals surface area (Å²) in [7, 11) is 0. The van der Waals surface area contributed by atoms with E-state index < -0.39 is 0 Å². The van der Waals surface area contributed by atoms with E-state index in [4.69, 9.17) is 11.2 Å². The number of amides is 1. The van der Waals surface area contributed by atoms with Crippen molar-refractivity contribution in [1.82, 2.24) is 5.32 Å². The Bertz CT molecular complexity index is 1190. The molecule has 0 aromatic heterocycles. The smallest absolute Gasteiger partial charge is 0.264 e. The first-order valence-corrected chi connectivity index (χ1v) is 10.4. The number of rotatable bonds is 4. The minimum absolute atomic E-state index is 0.157. The molecule has 1 aliphatic heterocycles. The molecule has 29 heavy (non-hydrogen) atoms. The lowest BCUT2D eigenvalue weighted by Crippen LogP contribution is -2.19. The number of carbonyl (C=O) groups is 1. The number of ether oxygens (including phenoxy) is 1. The van der Waals surface area contributed by atoms with Gasteiger partial charge in [0.05, 0.1) is 10.6 Å². The summed E-state index contributed by atoms with van der Waals surface area (Å²) in [5.74, 6) is 2.93. The Morgan fingerprint density at radius 2 is 1.93 bits per heavy atom. The van der Waals surface area contributed by atoms with Gasteiger partial charge in [0.25, 0.3) is 5.91 Å². The molecule has 0 atom stereocenters. The van der Waals surface area contributed by atoms with Crippen LogP contribution in [0.3, 0.4) is 0 Å². The number of hydrogen-bond acceptors (Lipinski definition) is 4. The monoisotopic (exact) mass is 462 g/mol. The van der Waals surface area contributed by atoms with Crippen LogP contribution >= 0.6 is 27.7 Å². The molecule has 0 bridgehead atoms. The highest BCUT2D eigenvalue weighted by Gasteiger charge is 2.24. The van der Waals surface area contributed by atoms with Crippen molar-refractivity contribution >= 4 is 61.3 Å². The Labute approximate surface area is 181 Å². The lowest BCUT2D eigenvalue weighted by atomic mass is 10.0. The standard InChI is InChI=1S/C23H15BrN2O2S/c1-2-13-28-20-12-7-15-5-3-4-6-18(15)19(20)14-21-22(27)26-23(29-21)25-17-10-8-16(24)9-11-17/h1,3-12,14H,13H2,(H,25,26,27)/b21-14-. The van der Waals surface area contributed by atoms with Gasteiger partial charge in [-0.2, -0.15) is 0 Å². The third kappa shape index (κ3) is 4.37. The number of aliphatic imine (C=N–C) groups is 1. The maximum atomic E-state index is 12.5. The van der Waals surface area contributed by atoms with Crippen LogP contribution in [0.4, 0.5) is 5.69 Å². The van der Waals surface area contributed by atoms with Crippen molar-refractivity contribution in [3.05, 3.63) is 75.6 Å². The molecule has 3 aromatic carbocycles. The van der Waals surface area contributed by atoms with Crippen molar-refractivity contribution < 1.29 is 9.53 Å². The van der Waals surface area contributed by atoms with Crippen LogP contribution in [0.15, 0.2) is 75.0 Å². The molecule has 1 saturated heterocycles. The van der Waals surface area contributed by atoms with Crippen LogP contribution < -0.4 is 10.1 Å². The summed E-state index contributed by atoms with van der Waals surface area (Å²) in [6.07, 6.45) is 7.18. The minimum Gasteiger partial charge on any atom is -0.480 e. The van der Waals surface area contributed by atoms with E-state index in [2.05, 4.69) is 32.2 Å². The van der Waals surface area contributed by atoms with Crippen LogP contribution in [0.2, 0.25) is 0 Å². The summed E-state index contributed by atoms with van der Waals surface area (Å²) in [4.78, 5) is 17.6. The van der Waals surface area contributed by atoms with Gasteiger partial charge >= 0.3 is 0 Å². The summed E-state index contributed by atoms with van der Waals surface area (Å²) in [5, 5.41) is 5.40. The van der Waals surface area contributed by atoms with E-state index in [0.29, 0.717) is 15.8 Å². The van der Waals surface area contributed by atoms with Crippen LogP contribution in [0, 0.1) is 12.3 Å². The van der Waals surface area contributed by atoms with Gasteiger partial charge in [-0.05, 0) is 58.9 Å². The second-order valence-electron chi connectivity index (χ2n) is 6.15. The van der Waals surface area contributed by atoms with Gasteiger partial charge in [0.1, 0.15) is 12.4 Å². The molecule has 1 amide bonds. The Morgan fingerprint density at radius 1 is 1.14 bits per heavy atom. The third-order valence-corrected chi connectivity index (χ3v) is 5.66. The highest BCUT2D eigenvalue weighted by molar-refractivity contribution is 9.10. The van der Waals surface area contributed by atoms with Gasteiger partial charge in [-0.3, -0.25) is 4.79 Å². The third-order valence-electron chi connectivity index (χ3n) is 4.23. The van der Waals surface area contributed by atoms with Crippen molar-refractivity contribution in [2.24, 2.45) is 4.99 Å². The van der Waals surface area contributed by atoms with Gasteiger partial charge in [0.2, 0.25) is 0 Å². The predicted octanol–water partition coefficient (Wildman–Crippen LogP) is 5.51. The zero-order valence-electron chi connectivity index (χ0n) is 15.2. The molecule has 0 aliphatic carbocycles. The van der Waals surface area contributed by atoms with E-state index >= 15 is 0 Å². The zero-order valence-corrected chi connectivity index (χ0v) is 17.6. The highest BCUT2D eigenvalue weighted by Crippen LogP contribution is 2.34. The molecule has 0 unspecified atom stereocenters. The SMILES string of the molecule is C#CCOc1ccc2ccccc2c1/C=C1\SC(=Nc2ccc(Br)cc2)NC1=O. The maximum Gasteiger partial charge on any atom is 0.264 e.